The third-order valence-corrected chi connectivity index (χ3v) is 15.4. The molecule has 0 aliphatic carbocycles. The summed E-state index contributed by atoms with van der Waals surface area (Å²) in [4.78, 5) is 32.9. The molecular formula is C71H72N4O8. The lowest BCUT2D eigenvalue weighted by atomic mass is 9.92. The number of aryl methyl sites for hydroxylation is 9. The number of ether oxygens (including phenoxy) is 7. The third-order valence-electron chi connectivity index (χ3n) is 15.4. The van der Waals surface area contributed by atoms with Crippen LogP contribution in [0.5, 0.6) is 11.5 Å². The first kappa shape index (κ1) is 56.5. The van der Waals surface area contributed by atoms with E-state index in [1.807, 2.05) is 12.1 Å². The lowest BCUT2D eigenvalue weighted by molar-refractivity contribution is -0.00842. The van der Waals surface area contributed by atoms with Crippen LogP contribution >= 0.6 is 0 Å². The molecule has 12 heteroatoms. The van der Waals surface area contributed by atoms with Crippen LogP contribution in [0.4, 0.5) is 0 Å². The van der Waals surface area contributed by atoms with Crippen molar-refractivity contribution in [2.45, 2.75) is 68.9 Å². The molecule has 5 aromatic carbocycles. The molecule has 83 heavy (non-hydrogen) atoms. The summed E-state index contributed by atoms with van der Waals surface area (Å²) in [6, 6.07) is 35.5. The number of nitrogens with one attached hydrogen (secondary N) is 2. The zero-order valence-corrected chi connectivity index (χ0v) is 49.1. The van der Waals surface area contributed by atoms with E-state index in [-0.39, 0.29) is 19.8 Å². The number of H-pyrrole nitrogens is 2. The van der Waals surface area contributed by atoms with Crippen molar-refractivity contribution in [3.8, 4) is 56.0 Å². The molecule has 0 amide bonds. The van der Waals surface area contributed by atoms with Crippen molar-refractivity contribution >= 4 is 52.3 Å². The minimum absolute atomic E-state index is 0.0430. The van der Waals surface area contributed by atoms with Gasteiger partial charge < -0.3 is 43.1 Å². The molecule has 424 valence electrons. The van der Waals surface area contributed by atoms with E-state index in [0.717, 1.165) is 94.9 Å². The van der Waals surface area contributed by atoms with Crippen molar-refractivity contribution in [1.82, 2.24) is 19.9 Å². The highest BCUT2D eigenvalue weighted by atomic mass is 16.6. The van der Waals surface area contributed by atoms with E-state index in [2.05, 4.69) is 169 Å². The van der Waals surface area contributed by atoms with Gasteiger partial charge in [0.05, 0.1) is 81.2 Å². The fourth-order valence-corrected chi connectivity index (χ4v) is 12.1. The first-order valence-electron chi connectivity index (χ1n) is 28.7. The Balaban J connectivity index is 1.02. The minimum Gasteiger partial charge on any atom is -0.487 e. The van der Waals surface area contributed by atoms with Crippen LogP contribution in [0.25, 0.3) is 90.9 Å². The van der Waals surface area contributed by atoms with Crippen molar-refractivity contribution in [1.29, 1.82) is 0 Å². The number of esters is 1. The molecule has 3 aromatic heterocycles. The quantitative estimate of drug-likeness (QED) is 0.148. The fraction of sp³-hybridized carbons (Fsp3) is 0.282. The van der Waals surface area contributed by atoms with Gasteiger partial charge in [-0.1, -0.05) is 77.4 Å². The van der Waals surface area contributed by atoms with Crippen LogP contribution in [0.15, 0.2) is 103 Å². The van der Waals surface area contributed by atoms with Gasteiger partial charge in [-0.15, -0.1) is 0 Å². The summed E-state index contributed by atoms with van der Waals surface area (Å²) in [7, 11) is 0. The third kappa shape index (κ3) is 12.4. The Hall–Kier alpha value is -8.39. The van der Waals surface area contributed by atoms with Crippen LogP contribution < -0.4 is 9.47 Å². The Bertz CT molecular complexity index is 3890. The number of carbonyl (C=O) groups excluding carboxylic acids is 1. The molecule has 3 aliphatic rings. The number of aromatic nitrogens is 4. The molecule has 0 atom stereocenters. The van der Waals surface area contributed by atoms with Crippen molar-refractivity contribution in [2.24, 2.45) is 0 Å². The summed E-state index contributed by atoms with van der Waals surface area (Å²) in [6.45, 7) is 23.6. The van der Waals surface area contributed by atoms with Crippen molar-refractivity contribution in [3.05, 3.63) is 187 Å². The monoisotopic (exact) mass is 1110 g/mol. The number of hydrogen-bond acceptors (Lipinski definition) is 10. The van der Waals surface area contributed by atoms with E-state index >= 15 is 0 Å². The predicted molar refractivity (Wildman–Crippen MR) is 333 cm³/mol. The van der Waals surface area contributed by atoms with Crippen molar-refractivity contribution in [2.75, 3.05) is 66.1 Å². The summed E-state index contributed by atoms with van der Waals surface area (Å²) in [5.74, 6) is 0.394. The van der Waals surface area contributed by atoms with Crippen LogP contribution in [0.1, 0.15) is 88.8 Å². The minimum atomic E-state index is -0.497. The topological polar surface area (TPSA) is 139 Å². The Morgan fingerprint density at radius 2 is 0.747 bits per heavy atom. The van der Waals surface area contributed by atoms with E-state index in [1.54, 1.807) is 18.2 Å². The van der Waals surface area contributed by atoms with Gasteiger partial charge in [0.2, 0.25) is 0 Å². The van der Waals surface area contributed by atoms with Crippen LogP contribution in [0.2, 0.25) is 0 Å². The van der Waals surface area contributed by atoms with Gasteiger partial charge in [0.1, 0.15) is 19.8 Å². The smallest absolute Gasteiger partial charge is 0.338 e. The molecule has 0 saturated heterocycles. The highest BCUT2D eigenvalue weighted by Crippen LogP contribution is 2.42. The average Bonchev–Trinajstić information content (AvgIpc) is 4.52. The Labute approximate surface area is 486 Å². The SMILES string of the molecule is Cc1cc(C)c(-c2c3nc(c(-c4c(C)cc(C)cc4C)c4ccc([nH]4)c(-c4c(C)cc(C)cc4C)c4nc(c(-c5ccc(COC(=O)c6ccc7c(c6)OCCOCCOCCOCCOCCO7)cc5)c5ccc2[nH]5)C=C4)C=C3)c(C)c1. The van der Waals surface area contributed by atoms with Gasteiger partial charge in [-0.2, -0.15) is 0 Å². The maximum Gasteiger partial charge on any atom is 0.338 e. The number of rotatable bonds is 7. The van der Waals surface area contributed by atoms with E-state index in [9.17, 15) is 4.79 Å². The molecule has 0 radical (unpaired) electrons. The predicted octanol–water partition coefficient (Wildman–Crippen LogP) is 15.3. The molecule has 8 bridgehead atoms. The van der Waals surface area contributed by atoms with E-state index < -0.39 is 5.97 Å². The first-order valence-corrected chi connectivity index (χ1v) is 28.7. The largest absolute Gasteiger partial charge is 0.487 e. The average molecular weight is 1110 g/mol. The maximum absolute atomic E-state index is 13.8. The zero-order valence-electron chi connectivity index (χ0n) is 49.1. The molecule has 2 N–H and O–H groups in total. The van der Waals surface area contributed by atoms with Gasteiger partial charge in [-0.3, -0.25) is 0 Å². The van der Waals surface area contributed by atoms with E-state index in [1.165, 1.54) is 50.1 Å². The van der Waals surface area contributed by atoms with Gasteiger partial charge >= 0.3 is 5.97 Å². The highest BCUT2D eigenvalue weighted by Gasteiger charge is 2.23. The number of hydrogen-bond donors (Lipinski definition) is 2. The summed E-state index contributed by atoms with van der Waals surface area (Å²) < 4.78 is 40.6. The number of aromatic amines is 2. The molecule has 3 aliphatic heterocycles. The van der Waals surface area contributed by atoms with E-state index in [4.69, 9.17) is 43.1 Å². The molecule has 12 nitrogen and oxygen atoms in total. The molecule has 0 unspecified atom stereocenters. The Morgan fingerprint density at radius 3 is 1.14 bits per heavy atom. The van der Waals surface area contributed by atoms with Gasteiger partial charge in [-0.05, 0) is 190 Å². The number of benzene rings is 5. The maximum atomic E-state index is 13.8. The second-order valence-electron chi connectivity index (χ2n) is 21.9. The Morgan fingerprint density at radius 1 is 0.398 bits per heavy atom. The summed E-state index contributed by atoms with van der Waals surface area (Å²) >= 11 is 0. The summed E-state index contributed by atoms with van der Waals surface area (Å²) in [5.41, 5.74) is 27.3. The molecule has 0 fully saturated rings. The lowest BCUT2D eigenvalue weighted by Gasteiger charge is -2.15. The highest BCUT2D eigenvalue weighted by molar-refractivity contribution is 6.01. The lowest BCUT2D eigenvalue weighted by Crippen LogP contribution is -2.16. The van der Waals surface area contributed by atoms with Crippen molar-refractivity contribution < 1.29 is 38.0 Å². The summed E-state index contributed by atoms with van der Waals surface area (Å²) in [6.07, 6.45) is 8.62. The van der Waals surface area contributed by atoms with Crippen LogP contribution in [0.3, 0.4) is 0 Å². The zero-order chi connectivity index (χ0) is 57.7. The Kier molecular flexibility index (Phi) is 17.0. The first-order chi connectivity index (χ1) is 40.3. The van der Waals surface area contributed by atoms with Gasteiger partial charge in [-0.25, -0.2) is 14.8 Å². The molecule has 6 heterocycles. The molecule has 11 rings (SSSR count). The van der Waals surface area contributed by atoms with Crippen LogP contribution in [0, 0.1) is 62.3 Å². The number of fused-ring (bicyclic) bond motifs is 9. The van der Waals surface area contributed by atoms with Gasteiger partial charge in [0, 0.05) is 44.3 Å². The van der Waals surface area contributed by atoms with Crippen molar-refractivity contribution in [3.63, 3.8) is 0 Å². The van der Waals surface area contributed by atoms with Crippen LogP contribution in [-0.4, -0.2) is 92.0 Å². The number of carbonyl (C=O) groups is 1. The fourth-order valence-electron chi connectivity index (χ4n) is 12.1. The molecule has 8 aromatic rings. The normalized spacial score (nSPS) is 14.3. The second kappa shape index (κ2) is 25.0. The van der Waals surface area contributed by atoms with Gasteiger partial charge in [0.25, 0.3) is 0 Å². The van der Waals surface area contributed by atoms with Crippen LogP contribution in [-0.2, 0) is 30.3 Å². The number of nitrogens with zero attached hydrogens (tertiary/aromatic N) is 2. The standard InChI is InChI=1S/C71H72N4O8/c1-42-34-45(4)64(46(5)35-42)68-56-17-15-54(72-56)67(52-12-10-51(11-13-52)41-83-71(76)53-14-23-62-63(40-53)82-33-31-80-29-27-78-25-24-77-26-28-79-30-32-81-62)55-16-18-57(73-55)69(65-47(6)36-43(2)37-48(65)7)59-20-22-61(75-59)70(60-21-19-58(68)74-60)66-49(8)38-44(3)39-50(66)9/h10-23,34-40,72,75H,24-33,41H2,1-9H3. The van der Waals surface area contributed by atoms with Gasteiger partial charge in [0.15, 0.2) is 11.5 Å². The second-order valence-corrected chi connectivity index (χ2v) is 21.9. The molecule has 0 spiro atoms. The molecular weight excluding hydrogens is 1040 g/mol. The molecule has 0 saturated carbocycles. The summed E-state index contributed by atoms with van der Waals surface area (Å²) in [5, 5.41) is 0. The van der Waals surface area contributed by atoms with E-state index in [0.29, 0.717) is 69.9 Å².